The van der Waals surface area contributed by atoms with Crippen LogP contribution >= 0.6 is 0 Å². The lowest BCUT2D eigenvalue weighted by Crippen LogP contribution is -2.28. The van der Waals surface area contributed by atoms with Crippen molar-refractivity contribution in [3.8, 4) is 5.75 Å². The molecule has 0 saturated heterocycles. The van der Waals surface area contributed by atoms with E-state index in [-0.39, 0.29) is 11.9 Å². The van der Waals surface area contributed by atoms with E-state index in [0.717, 1.165) is 18.4 Å². The van der Waals surface area contributed by atoms with Crippen molar-refractivity contribution in [2.75, 3.05) is 6.61 Å². The second kappa shape index (κ2) is 5.05. The molecule has 0 amide bonds. The normalized spacial score (nSPS) is 19.7. The van der Waals surface area contributed by atoms with Gasteiger partial charge in [0.15, 0.2) is 11.6 Å². The minimum Gasteiger partial charge on any atom is -0.490 e. The van der Waals surface area contributed by atoms with Crippen LogP contribution in [0, 0.1) is 12.7 Å². The summed E-state index contributed by atoms with van der Waals surface area (Å²) in [4.78, 5) is 0. The molecule has 1 N–H and O–H groups in total. The Bertz CT molecular complexity index is 403. The number of rotatable bonds is 2. The van der Waals surface area contributed by atoms with Gasteiger partial charge in [-0.3, -0.25) is 0 Å². The average Bonchev–Trinajstić information content (AvgIpc) is 2.46. The van der Waals surface area contributed by atoms with Gasteiger partial charge < -0.3 is 10.1 Å². The Balaban J connectivity index is 2.39. The van der Waals surface area contributed by atoms with Crippen molar-refractivity contribution in [2.24, 2.45) is 0 Å². The molecule has 0 radical (unpaired) electrons. The lowest BCUT2D eigenvalue weighted by Gasteiger charge is -2.21. The predicted molar refractivity (Wildman–Crippen MR) is 66.9 cm³/mol. The molecular weight excluding hydrogens is 217 g/mol. The van der Waals surface area contributed by atoms with Crippen LogP contribution < -0.4 is 10.1 Å². The number of hydrogen-bond donors (Lipinski definition) is 1. The van der Waals surface area contributed by atoms with Gasteiger partial charge in [0.2, 0.25) is 0 Å². The number of hydrogen-bond acceptors (Lipinski definition) is 2. The summed E-state index contributed by atoms with van der Waals surface area (Å²) >= 11 is 0. The molecule has 94 valence electrons. The van der Waals surface area contributed by atoms with Crippen molar-refractivity contribution in [2.45, 2.75) is 45.7 Å². The summed E-state index contributed by atoms with van der Waals surface area (Å²) in [5.74, 6) is 0.237. The summed E-state index contributed by atoms with van der Waals surface area (Å²) in [6.45, 7) is 6.59. The molecule has 0 aliphatic carbocycles. The molecule has 0 spiro atoms. The first-order chi connectivity index (χ1) is 8.09. The second-order valence-corrected chi connectivity index (χ2v) is 4.98. The first-order valence-corrected chi connectivity index (χ1v) is 6.27. The van der Waals surface area contributed by atoms with E-state index < -0.39 is 0 Å². The molecule has 0 fully saturated rings. The van der Waals surface area contributed by atoms with Crippen molar-refractivity contribution in [3.05, 3.63) is 29.1 Å². The monoisotopic (exact) mass is 237 g/mol. The Morgan fingerprint density at radius 1 is 1.41 bits per heavy atom. The minimum atomic E-state index is -0.208. The number of nitrogens with one attached hydrogen (secondary N) is 1. The molecule has 3 heteroatoms. The van der Waals surface area contributed by atoms with Crippen LogP contribution in [0.2, 0.25) is 0 Å². The number of ether oxygens (including phenoxy) is 1. The molecule has 0 bridgehead atoms. The maximum atomic E-state index is 14.0. The molecule has 1 unspecified atom stereocenters. The molecule has 0 aromatic heterocycles. The highest BCUT2D eigenvalue weighted by Crippen LogP contribution is 2.35. The smallest absolute Gasteiger partial charge is 0.168 e. The average molecular weight is 237 g/mol. The van der Waals surface area contributed by atoms with Crippen LogP contribution in [0.25, 0.3) is 0 Å². The van der Waals surface area contributed by atoms with Crippen molar-refractivity contribution >= 4 is 0 Å². The van der Waals surface area contributed by atoms with Crippen molar-refractivity contribution in [1.29, 1.82) is 0 Å². The van der Waals surface area contributed by atoms with Gasteiger partial charge in [-0.05, 0) is 25.3 Å². The number of halogens is 1. The molecular formula is C14H20FNO. The van der Waals surface area contributed by atoms with Gasteiger partial charge in [0, 0.05) is 17.6 Å². The van der Waals surface area contributed by atoms with Crippen molar-refractivity contribution in [1.82, 2.24) is 5.32 Å². The van der Waals surface area contributed by atoms with Crippen LogP contribution in [0.3, 0.4) is 0 Å². The number of aryl methyl sites for hydroxylation is 1. The van der Waals surface area contributed by atoms with E-state index >= 15 is 0 Å². The standard InChI is InChI=1S/C14H20FNO/c1-9(2)16-12-5-4-8-17-14-11(12)7-6-10(3)13(14)15/h6-7,9,12,16H,4-5,8H2,1-3H3. The van der Waals surface area contributed by atoms with E-state index in [1.165, 1.54) is 0 Å². The Hall–Kier alpha value is -1.09. The molecule has 1 aliphatic heterocycles. The van der Waals surface area contributed by atoms with Gasteiger partial charge in [0.05, 0.1) is 6.61 Å². The summed E-state index contributed by atoms with van der Waals surface area (Å²) in [6, 6.07) is 4.40. The highest BCUT2D eigenvalue weighted by molar-refractivity contribution is 5.41. The van der Waals surface area contributed by atoms with Gasteiger partial charge in [-0.15, -0.1) is 0 Å². The van der Waals surface area contributed by atoms with Crippen molar-refractivity contribution < 1.29 is 9.13 Å². The molecule has 2 rings (SSSR count). The Morgan fingerprint density at radius 3 is 2.88 bits per heavy atom. The van der Waals surface area contributed by atoms with E-state index in [0.29, 0.717) is 24.0 Å². The second-order valence-electron chi connectivity index (χ2n) is 4.98. The van der Waals surface area contributed by atoms with Crippen LogP contribution in [0.4, 0.5) is 4.39 Å². The van der Waals surface area contributed by atoms with Crippen LogP contribution in [0.5, 0.6) is 5.75 Å². The quantitative estimate of drug-likeness (QED) is 0.851. The summed E-state index contributed by atoms with van der Waals surface area (Å²) < 4.78 is 19.6. The summed E-state index contributed by atoms with van der Waals surface area (Å²) in [5.41, 5.74) is 1.60. The molecule has 1 aromatic carbocycles. The van der Waals surface area contributed by atoms with Crippen LogP contribution in [0.15, 0.2) is 12.1 Å². The molecule has 1 atom stereocenters. The van der Waals surface area contributed by atoms with Crippen LogP contribution in [-0.4, -0.2) is 12.6 Å². The first-order valence-electron chi connectivity index (χ1n) is 6.27. The SMILES string of the molecule is Cc1ccc2c(c1F)OCCCC2NC(C)C. The maximum Gasteiger partial charge on any atom is 0.168 e. The third-order valence-corrected chi connectivity index (χ3v) is 3.11. The fourth-order valence-corrected chi connectivity index (χ4v) is 2.28. The zero-order valence-corrected chi connectivity index (χ0v) is 10.7. The fraction of sp³-hybridized carbons (Fsp3) is 0.571. The lowest BCUT2D eigenvalue weighted by atomic mass is 9.99. The summed E-state index contributed by atoms with van der Waals surface area (Å²) in [7, 11) is 0. The van der Waals surface area contributed by atoms with Gasteiger partial charge in [0.1, 0.15) is 0 Å². The lowest BCUT2D eigenvalue weighted by molar-refractivity contribution is 0.299. The Kier molecular flexibility index (Phi) is 3.67. The van der Waals surface area contributed by atoms with E-state index in [4.69, 9.17) is 4.74 Å². The van der Waals surface area contributed by atoms with Crippen LogP contribution in [-0.2, 0) is 0 Å². The van der Waals surface area contributed by atoms with Gasteiger partial charge in [-0.2, -0.15) is 0 Å². The molecule has 1 aliphatic rings. The minimum absolute atomic E-state index is 0.197. The van der Waals surface area contributed by atoms with E-state index in [9.17, 15) is 4.39 Å². The molecule has 1 aromatic rings. The Morgan fingerprint density at radius 2 is 2.18 bits per heavy atom. The third kappa shape index (κ3) is 2.60. The largest absolute Gasteiger partial charge is 0.490 e. The van der Waals surface area contributed by atoms with E-state index in [2.05, 4.69) is 19.2 Å². The van der Waals surface area contributed by atoms with Crippen molar-refractivity contribution in [3.63, 3.8) is 0 Å². The van der Waals surface area contributed by atoms with E-state index in [1.807, 2.05) is 12.1 Å². The highest BCUT2D eigenvalue weighted by Gasteiger charge is 2.23. The molecule has 1 heterocycles. The zero-order chi connectivity index (χ0) is 12.4. The van der Waals surface area contributed by atoms with E-state index in [1.54, 1.807) is 6.92 Å². The summed E-state index contributed by atoms with van der Waals surface area (Å²) in [5, 5.41) is 3.48. The topological polar surface area (TPSA) is 21.3 Å². The van der Waals surface area contributed by atoms with Gasteiger partial charge >= 0.3 is 0 Å². The van der Waals surface area contributed by atoms with Gasteiger partial charge in [0.25, 0.3) is 0 Å². The Labute approximate surface area is 102 Å². The molecule has 0 saturated carbocycles. The summed E-state index contributed by atoms with van der Waals surface area (Å²) in [6.07, 6.45) is 1.95. The zero-order valence-electron chi connectivity index (χ0n) is 10.7. The predicted octanol–water partition coefficient (Wildman–Crippen LogP) is 3.35. The number of benzene rings is 1. The molecule has 2 nitrogen and oxygen atoms in total. The highest BCUT2D eigenvalue weighted by atomic mass is 19.1. The number of fused-ring (bicyclic) bond motifs is 1. The van der Waals surface area contributed by atoms with Crippen LogP contribution in [0.1, 0.15) is 43.9 Å². The third-order valence-electron chi connectivity index (χ3n) is 3.11. The van der Waals surface area contributed by atoms with Gasteiger partial charge in [-0.1, -0.05) is 26.0 Å². The van der Waals surface area contributed by atoms with Gasteiger partial charge in [-0.25, -0.2) is 4.39 Å². The fourth-order valence-electron chi connectivity index (χ4n) is 2.28. The first kappa shape index (κ1) is 12.4. The molecule has 17 heavy (non-hydrogen) atoms. The maximum absolute atomic E-state index is 14.0.